The molecule has 0 bridgehead atoms. The van der Waals surface area contributed by atoms with Crippen molar-refractivity contribution in [3.8, 4) is 11.4 Å². The Balaban J connectivity index is 1.38. The van der Waals surface area contributed by atoms with Crippen molar-refractivity contribution in [3.05, 3.63) is 99.4 Å². The van der Waals surface area contributed by atoms with E-state index in [4.69, 9.17) is 9.40 Å². The van der Waals surface area contributed by atoms with Gasteiger partial charge in [0.1, 0.15) is 18.2 Å². The summed E-state index contributed by atoms with van der Waals surface area (Å²) >= 11 is 0. The van der Waals surface area contributed by atoms with Crippen LogP contribution in [0, 0.1) is 11.7 Å². The maximum Gasteiger partial charge on any atom is 0.286 e. The summed E-state index contributed by atoms with van der Waals surface area (Å²) in [6.07, 6.45) is 2.19. The summed E-state index contributed by atoms with van der Waals surface area (Å²) in [5.41, 5.74) is 1.85. The number of ketones is 1. The van der Waals surface area contributed by atoms with Gasteiger partial charge in [-0.25, -0.2) is 9.37 Å². The summed E-state index contributed by atoms with van der Waals surface area (Å²) in [6, 6.07) is 14.2. The summed E-state index contributed by atoms with van der Waals surface area (Å²) in [5, 5.41) is 10.8. The molecule has 10 heteroatoms. The Morgan fingerprint density at radius 1 is 1.05 bits per heavy atom. The first-order valence-corrected chi connectivity index (χ1v) is 13.7. The normalized spacial score (nSPS) is 13.7. The number of nitrogens with zero attached hydrogens (tertiary/aromatic N) is 4. The van der Waals surface area contributed by atoms with Gasteiger partial charge in [-0.15, -0.1) is 10.2 Å². The summed E-state index contributed by atoms with van der Waals surface area (Å²) in [6.45, 7) is 6.95. The Hall–Kier alpha value is -4.47. The van der Waals surface area contributed by atoms with Crippen molar-refractivity contribution in [3.63, 3.8) is 0 Å². The summed E-state index contributed by atoms with van der Waals surface area (Å²) < 4.78 is 20.6. The van der Waals surface area contributed by atoms with Gasteiger partial charge in [-0.1, -0.05) is 56.3 Å². The van der Waals surface area contributed by atoms with Gasteiger partial charge in [-0.3, -0.25) is 19.0 Å². The van der Waals surface area contributed by atoms with E-state index in [1.165, 1.54) is 16.7 Å². The van der Waals surface area contributed by atoms with Crippen molar-refractivity contribution in [2.75, 3.05) is 0 Å². The number of fused-ring (bicyclic) bond motifs is 1. The Bertz CT molecular complexity index is 1640. The van der Waals surface area contributed by atoms with Crippen LogP contribution in [0.15, 0.2) is 63.8 Å². The van der Waals surface area contributed by atoms with E-state index in [1.54, 1.807) is 26.0 Å². The Morgan fingerprint density at radius 3 is 2.44 bits per heavy atom. The van der Waals surface area contributed by atoms with E-state index in [-0.39, 0.29) is 35.6 Å². The Kier molecular flexibility index (Phi) is 7.66. The van der Waals surface area contributed by atoms with Crippen LogP contribution in [-0.2, 0) is 29.6 Å². The van der Waals surface area contributed by atoms with Crippen molar-refractivity contribution in [2.45, 2.75) is 65.0 Å². The van der Waals surface area contributed by atoms with Crippen LogP contribution in [0.2, 0.25) is 0 Å². The number of benzene rings is 2. The number of nitrogens with one attached hydrogen (secondary N) is 1. The molecule has 4 aromatic rings. The van der Waals surface area contributed by atoms with Crippen LogP contribution in [0.5, 0.6) is 0 Å². The minimum Gasteiger partial charge on any atom is -0.417 e. The molecule has 0 unspecified atom stereocenters. The lowest BCUT2D eigenvalue weighted by Gasteiger charge is -2.22. The number of amides is 1. The highest BCUT2D eigenvalue weighted by Gasteiger charge is 2.34. The van der Waals surface area contributed by atoms with E-state index in [2.05, 4.69) is 15.5 Å². The quantitative estimate of drug-likeness (QED) is 0.305. The highest BCUT2D eigenvalue weighted by atomic mass is 19.1. The molecule has 1 aliphatic rings. The molecule has 1 aliphatic carbocycles. The molecule has 41 heavy (non-hydrogen) atoms. The number of aryl methyl sites for hydroxylation is 1. The van der Waals surface area contributed by atoms with Gasteiger partial charge < -0.3 is 9.73 Å². The zero-order valence-corrected chi connectivity index (χ0v) is 23.5. The van der Waals surface area contributed by atoms with E-state index < -0.39 is 23.1 Å². The summed E-state index contributed by atoms with van der Waals surface area (Å²) in [7, 11) is 0. The van der Waals surface area contributed by atoms with E-state index in [1.807, 2.05) is 44.2 Å². The highest BCUT2D eigenvalue weighted by molar-refractivity contribution is 5.98. The minimum absolute atomic E-state index is 0.185. The molecule has 2 aromatic heterocycles. The largest absolute Gasteiger partial charge is 0.417 e. The number of carbonyl (C=O) groups is 2. The molecular weight excluding hydrogens is 525 g/mol. The first-order chi connectivity index (χ1) is 19.6. The monoisotopic (exact) mass is 557 g/mol. The molecular formula is C31H32FN5O4. The molecule has 0 aliphatic heterocycles. The number of carbonyl (C=O) groups excluding carboxylic acids is 2. The summed E-state index contributed by atoms with van der Waals surface area (Å²) in [4.78, 5) is 45.0. The van der Waals surface area contributed by atoms with Crippen LogP contribution in [-0.4, -0.2) is 37.5 Å². The fourth-order valence-electron chi connectivity index (χ4n) is 5.08. The number of hydrogen-bond donors (Lipinski definition) is 1. The van der Waals surface area contributed by atoms with Gasteiger partial charge in [0.05, 0.1) is 17.2 Å². The lowest BCUT2D eigenvalue weighted by Crippen LogP contribution is -2.46. The van der Waals surface area contributed by atoms with Crippen LogP contribution in [0.3, 0.4) is 0 Å². The Morgan fingerprint density at radius 2 is 1.76 bits per heavy atom. The zero-order valence-electron chi connectivity index (χ0n) is 23.5. The average Bonchev–Trinajstić information content (AvgIpc) is 3.64. The zero-order chi connectivity index (χ0) is 29.3. The van der Waals surface area contributed by atoms with Crippen LogP contribution in [0.25, 0.3) is 11.4 Å². The average molecular weight is 558 g/mol. The molecule has 2 heterocycles. The molecule has 5 rings (SSSR count). The minimum atomic E-state index is -0.969. The molecule has 0 spiro atoms. The van der Waals surface area contributed by atoms with Crippen LogP contribution < -0.4 is 10.9 Å². The molecule has 0 fully saturated rings. The first kappa shape index (κ1) is 28.1. The SMILES string of the molecule is CC(C)[C@@H](NC(=O)Cn1c(-c2ccccc2)nc2c(c1=O)CCC2)C(=O)c1nnc(C(C)(C)c2ccc(F)cc2)o1. The van der Waals surface area contributed by atoms with E-state index in [0.717, 1.165) is 29.7 Å². The van der Waals surface area contributed by atoms with Crippen molar-refractivity contribution in [1.82, 2.24) is 25.1 Å². The molecule has 0 saturated carbocycles. The molecule has 0 radical (unpaired) electrons. The molecule has 2 aromatic carbocycles. The van der Waals surface area contributed by atoms with Crippen molar-refractivity contribution >= 4 is 11.7 Å². The number of halogens is 1. The predicted molar refractivity (Wildman–Crippen MR) is 150 cm³/mol. The van der Waals surface area contributed by atoms with Gasteiger partial charge in [0.2, 0.25) is 17.6 Å². The second-order valence-electron chi connectivity index (χ2n) is 11.2. The van der Waals surface area contributed by atoms with Gasteiger partial charge in [-0.2, -0.15) is 0 Å². The van der Waals surface area contributed by atoms with Gasteiger partial charge in [0, 0.05) is 11.1 Å². The fraction of sp³-hybridized carbons (Fsp3) is 0.355. The molecule has 0 saturated heterocycles. The fourth-order valence-corrected chi connectivity index (χ4v) is 5.08. The molecule has 9 nitrogen and oxygen atoms in total. The van der Waals surface area contributed by atoms with Gasteiger partial charge in [0.25, 0.3) is 11.4 Å². The van der Waals surface area contributed by atoms with Gasteiger partial charge in [0.15, 0.2) is 0 Å². The van der Waals surface area contributed by atoms with Crippen molar-refractivity contribution in [1.29, 1.82) is 0 Å². The number of hydrogen-bond acceptors (Lipinski definition) is 7. The highest BCUT2D eigenvalue weighted by Crippen LogP contribution is 2.31. The smallest absolute Gasteiger partial charge is 0.286 e. The maximum atomic E-state index is 13.5. The molecule has 1 amide bonds. The van der Waals surface area contributed by atoms with Crippen molar-refractivity contribution < 1.29 is 18.4 Å². The van der Waals surface area contributed by atoms with Crippen LogP contribution in [0.4, 0.5) is 4.39 Å². The second kappa shape index (κ2) is 11.2. The lowest BCUT2D eigenvalue weighted by atomic mass is 9.84. The van der Waals surface area contributed by atoms with E-state index in [9.17, 15) is 18.8 Å². The van der Waals surface area contributed by atoms with E-state index in [0.29, 0.717) is 17.8 Å². The number of rotatable bonds is 9. The first-order valence-electron chi connectivity index (χ1n) is 13.7. The lowest BCUT2D eigenvalue weighted by molar-refractivity contribution is -0.122. The number of aromatic nitrogens is 4. The third kappa shape index (κ3) is 5.59. The maximum absolute atomic E-state index is 13.5. The van der Waals surface area contributed by atoms with Crippen LogP contribution >= 0.6 is 0 Å². The predicted octanol–water partition coefficient (Wildman–Crippen LogP) is 4.27. The standard InChI is InChI=1S/C31H32FN5O4/c1-18(2)25(26(39)28-35-36-30(41-28)31(3,4)20-13-15-21(32)16-14-20)34-24(38)17-37-27(19-9-6-5-7-10-19)33-23-12-8-11-22(23)29(37)40/h5-7,9-10,13-16,18,25H,8,11-12,17H2,1-4H3,(H,34,38)/t25-/m1/s1. The Labute approximate surface area is 236 Å². The van der Waals surface area contributed by atoms with Gasteiger partial charge >= 0.3 is 0 Å². The summed E-state index contributed by atoms with van der Waals surface area (Å²) in [5.74, 6) is -1.36. The van der Waals surface area contributed by atoms with E-state index >= 15 is 0 Å². The third-order valence-corrected chi connectivity index (χ3v) is 7.52. The molecule has 1 N–H and O–H groups in total. The van der Waals surface area contributed by atoms with Crippen molar-refractivity contribution in [2.24, 2.45) is 5.92 Å². The molecule has 1 atom stereocenters. The third-order valence-electron chi connectivity index (χ3n) is 7.52. The van der Waals surface area contributed by atoms with Crippen LogP contribution in [0.1, 0.15) is 67.5 Å². The topological polar surface area (TPSA) is 120 Å². The van der Waals surface area contributed by atoms with Gasteiger partial charge in [-0.05, 0) is 56.7 Å². The number of Topliss-reactive ketones (excluding diaryl/α,β-unsaturated/α-hetero) is 1. The molecule has 212 valence electrons. The second-order valence-corrected chi connectivity index (χ2v) is 11.2.